The molecule has 0 atom stereocenters. The fourth-order valence-corrected chi connectivity index (χ4v) is 2.67. The number of halogens is 2. The Kier molecular flexibility index (Phi) is 10.4. The van der Waals surface area contributed by atoms with Crippen LogP contribution in [0.1, 0.15) is 11.1 Å². The summed E-state index contributed by atoms with van der Waals surface area (Å²) < 4.78 is 29.9. The molecule has 0 aliphatic rings. The second kappa shape index (κ2) is 12.3. The highest BCUT2D eigenvalue weighted by Crippen LogP contribution is 2.34. The van der Waals surface area contributed by atoms with Crippen LogP contribution in [0.4, 0.5) is 4.39 Å². The molecule has 0 aromatic heterocycles. The van der Waals surface area contributed by atoms with Gasteiger partial charge in [-0.2, -0.15) is 0 Å². The van der Waals surface area contributed by atoms with Gasteiger partial charge < -0.3 is 24.8 Å². The first-order valence-corrected chi connectivity index (χ1v) is 8.59. The summed E-state index contributed by atoms with van der Waals surface area (Å²) in [5.41, 5.74) is 1.51. The Hall–Kier alpha value is -2.23. The minimum Gasteiger partial charge on any atom is -0.496 e. The van der Waals surface area contributed by atoms with Gasteiger partial charge in [-0.3, -0.25) is 4.99 Å². The summed E-state index contributed by atoms with van der Waals surface area (Å²) in [6.45, 7) is 0.942. The van der Waals surface area contributed by atoms with Crippen LogP contribution in [0, 0.1) is 5.82 Å². The standard InChI is InChI=1S/C20H26FN3O3.HI/c1-22-20(24-13-14-7-5-6-8-17(14)21)23-10-9-16-18(26-3)11-15(25-2)12-19(16)27-4;/h5-8,11-12H,9-10,13H2,1-4H3,(H2,22,23,24);1H. The quantitative estimate of drug-likeness (QED) is 0.329. The monoisotopic (exact) mass is 503 g/mol. The highest BCUT2D eigenvalue weighted by Gasteiger charge is 2.13. The normalized spacial score (nSPS) is 10.7. The lowest BCUT2D eigenvalue weighted by Crippen LogP contribution is -2.38. The van der Waals surface area contributed by atoms with Gasteiger partial charge in [0.05, 0.1) is 21.3 Å². The average molecular weight is 503 g/mol. The molecule has 0 aliphatic heterocycles. The fraction of sp³-hybridized carbons (Fsp3) is 0.350. The third-order valence-corrected chi connectivity index (χ3v) is 4.11. The van der Waals surface area contributed by atoms with Crippen molar-refractivity contribution in [2.75, 3.05) is 34.9 Å². The molecule has 0 spiro atoms. The number of hydrogen-bond acceptors (Lipinski definition) is 4. The van der Waals surface area contributed by atoms with Gasteiger partial charge in [0.1, 0.15) is 23.1 Å². The van der Waals surface area contributed by atoms with Crippen LogP contribution in [-0.4, -0.2) is 40.9 Å². The Morgan fingerprint density at radius 3 is 2.18 bits per heavy atom. The van der Waals surface area contributed by atoms with Crippen molar-refractivity contribution in [3.8, 4) is 17.2 Å². The van der Waals surface area contributed by atoms with Crippen molar-refractivity contribution in [3.05, 3.63) is 53.3 Å². The molecule has 0 aliphatic carbocycles. The maximum absolute atomic E-state index is 13.7. The Morgan fingerprint density at radius 2 is 1.64 bits per heavy atom. The van der Waals surface area contributed by atoms with E-state index < -0.39 is 0 Å². The predicted molar refractivity (Wildman–Crippen MR) is 120 cm³/mol. The van der Waals surface area contributed by atoms with Gasteiger partial charge in [-0.15, -0.1) is 24.0 Å². The molecule has 2 aromatic carbocycles. The molecule has 154 valence electrons. The largest absolute Gasteiger partial charge is 0.496 e. The fourth-order valence-electron chi connectivity index (χ4n) is 2.67. The highest BCUT2D eigenvalue weighted by molar-refractivity contribution is 14.0. The molecule has 0 fully saturated rings. The topological polar surface area (TPSA) is 64.1 Å². The van der Waals surface area contributed by atoms with E-state index in [9.17, 15) is 4.39 Å². The van der Waals surface area contributed by atoms with Crippen molar-refractivity contribution in [1.82, 2.24) is 10.6 Å². The first-order valence-electron chi connectivity index (χ1n) is 8.59. The van der Waals surface area contributed by atoms with Gasteiger partial charge in [-0.05, 0) is 12.5 Å². The number of guanidine groups is 1. The number of rotatable bonds is 8. The van der Waals surface area contributed by atoms with Crippen LogP contribution in [0.2, 0.25) is 0 Å². The summed E-state index contributed by atoms with van der Waals surface area (Å²) in [5.74, 6) is 2.41. The van der Waals surface area contributed by atoms with Gasteiger partial charge in [-0.1, -0.05) is 18.2 Å². The number of ether oxygens (including phenoxy) is 3. The smallest absolute Gasteiger partial charge is 0.191 e. The van der Waals surface area contributed by atoms with Gasteiger partial charge in [0.2, 0.25) is 0 Å². The third-order valence-electron chi connectivity index (χ3n) is 4.11. The molecule has 2 aromatic rings. The number of methoxy groups -OCH3 is 3. The maximum Gasteiger partial charge on any atom is 0.191 e. The Bertz CT molecular complexity index is 762. The molecule has 0 saturated heterocycles. The summed E-state index contributed by atoms with van der Waals surface area (Å²) in [7, 11) is 6.49. The van der Waals surface area contributed by atoms with Gasteiger partial charge in [0.15, 0.2) is 5.96 Å². The minimum atomic E-state index is -0.242. The van der Waals surface area contributed by atoms with Crippen molar-refractivity contribution < 1.29 is 18.6 Å². The lowest BCUT2D eigenvalue weighted by molar-refractivity contribution is 0.368. The van der Waals surface area contributed by atoms with Gasteiger partial charge >= 0.3 is 0 Å². The summed E-state index contributed by atoms with van der Waals surface area (Å²) >= 11 is 0. The number of hydrogen-bond donors (Lipinski definition) is 2. The van der Waals surface area contributed by atoms with E-state index in [1.165, 1.54) is 6.07 Å². The van der Waals surface area contributed by atoms with E-state index in [-0.39, 0.29) is 29.8 Å². The molecule has 0 saturated carbocycles. The van der Waals surface area contributed by atoms with Crippen LogP contribution in [0.3, 0.4) is 0 Å². The zero-order valence-electron chi connectivity index (χ0n) is 16.5. The predicted octanol–water partition coefficient (Wildman–Crippen LogP) is 3.38. The van der Waals surface area contributed by atoms with Gasteiger partial charge in [0, 0.05) is 43.4 Å². The van der Waals surface area contributed by atoms with Crippen LogP contribution in [0.25, 0.3) is 0 Å². The van der Waals surface area contributed by atoms with Crippen molar-refractivity contribution in [1.29, 1.82) is 0 Å². The van der Waals surface area contributed by atoms with Crippen LogP contribution in [0.15, 0.2) is 41.4 Å². The van der Waals surface area contributed by atoms with E-state index >= 15 is 0 Å². The second-order valence-corrected chi connectivity index (χ2v) is 5.70. The molecule has 0 amide bonds. The first-order chi connectivity index (χ1) is 13.1. The van der Waals surface area contributed by atoms with E-state index in [1.54, 1.807) is 46.6 Å². The molecule has 0 heterocycles. The van der Waals surface area contributed by atoms with Crippen molar-refractivity contribution in [2.24, 2.45) is 4.99 Å². The summed E-state index contributed by atoms with van der Waals surface area (Å²) in [5, 5.41) is 6.32. The molecular weight excluding hydrogens is 476 g/mol. The highest BCUT2D eigenvalue weighted by atomic mass is 127. The number of nitrogens with zero attached hydrogens (tertiary/aromatic N) is 1. The zero-order chi connectivity index (χ0) is 19.6. The van der Waals surface area contributed by atoms with Crippen molar-refractivity contribution in [3.63, 3.8) is 0 Å². The van der Waals surface area contributed by atoms with Crippen LogP contribution < -0.4 is 24.8 Å². The number of nitrogens with one attached hydrogen (secondary N) is 2. The number of aliphatic imine (C=N–C) groups is 1. The van der Waals surface area contributed by atoms with E-state index in [4.69, 9.17) is 14.2 Å². The molecule has 28 heavy (non-hydrogen) atoms. The molecule has 0 radical (unpaired) electrons. The van der Waals surface area contributed by atoms with E-state index in [1.807, 2.05) is 12.1 Å². The molecule has 8 heteroatoms. The molecule has 2 rings (SSSR count). The minimum absolute atomic E-state index is 0. The maximum atomic E-state index is 13.7. The van der Waals surface area contributed by atoms with Crippen molar-refractivity contribution >= 4 is 29.9 Å². The Morgan fingerprint density at radius 1 is 1.00 bits per heavy atom. The summed E-state index contributed by atoms with van der Waals surface area (Å²) in [6.07, 6.45) is 0.650. The molecule has 6 nitrogen and oxygen atoms in total. The molecule has 0 bridgehead atoms. The van der Waals surface area contributed by atoms with E-state index in [0.717, 1.165) is 5.56 Å². The van der Waals surface area contributed by atoms with E-state index in [0.29, 0.717) is 48.3 Å². The second-order valence-electron chi connectivity index (χ2n) is 5.70. The van der Waals surface area contributed by atoms with Gasteiger partial charge in [0.25, 0.3) is 0 Å². The van der Waals surface area contributed by atoms with Crippen molar-refractivity contribution in [2.45, 2.75) is 13.0 Å². The first kappa shape index (κ1) is 23.8. The van der Waals surface area contributed by atoms with Crippen LogP contribution in [-0.2, 0) is 13.0 Å². The van der Waals surface area contributed by atoms with Crippen LogP contribution >= 0.6 is 24.0 Å². The summed E-state index contributed by atoms with van der Waals surface area (Å²) in [4.78, 5) is 4.17. The molecular formula is C20H27FIN3O3. The van der Waals surface area contributed by atoms with E-state index in [2.05, 4.69) is 15.6 Å². The third kappa shape index (κ3) is 6.43. The number of benzene rings is 2. The lowest BCUT2D eigenvalue weighted by Gasteiger charge is -2.16. The van der Waals surface area contributed by atoms with Crippen LogP contribution in [0.5, 0.6) is 17.2 Å². The molecule has 2 N–H and O–H groups in total. The Labute approximate surface area is 182 Å². The zero-order valence-corrected chi connectivity index (χ0v) is 18.9. The average Bonchev–Trinajstić information content (AvgIpc) is 2.71. The SMILES string of the molecule is CN=C(NCCc1c(OC)cc(OC)cc1OC)NCc1ccccc1F.I. The summed E-state index contributed by atoms with van der Waals surface area (Å²) in [6, 6.07) is 10.3. The molecule has 0 unspecified atom stereocenters. The Balaban J connectivity index is 0.00000392. The lowest BCUT2D eigenvalue weighted by atomic mass is 10.1. The van der Waals surface area contributed by atoms with Gasteiger partial charge in [-0.25, -0.2) is 4.39 Å².